The smallest absolute Gasteiger partial charge is 0.315 e. The van der Waals surface area contributed by atoms with Gasteiger partial charge in [0.1, 0.15) is 11.4 Å². The SMILES string of the molecule is CCC(NC(=O)NCC(C)(O)c1ccco1)C1CCCO1. The molecule has 1 aliphatic rings. The predicted molar refractivity (Wildman–Crippen MR) is 77.9 cm³/mol. The van der Waals surface area contributed by atoms with Gasteiger partial charge in [0.25, 0.3) is 0 Å². The summed E-state index contributed by atoms with van der Waals surface area (Å²) < 4.78 is 10.8. The molecule has 3 N–H and O–H groups in total. The van der Waals surface area contributed by atoms with Crippen LogP contribution in [0.15, 0.2) is 22.8 Å². The number of aliphatic hydroxyl groups is 1. The molecule has 0 bridgehead atoms. The van der Waals surface area contributed by atoms with Gasteiger partial charge >= 0.3 is 6.03 Å². The molecule has 1 aromatic rings. The number of nitrogens with one attached hydrogen (secondary N) is 2. The molecule has 6 nitrogen and oxygen atoms in total. The van der Waals surface area contributed by atoms with E-state index in [0.717, 1.165) is 25.9 Å². The van der Waals surface area contributed by atoms with E-state index in [1.54, 1.807) is 19.1 Å². The second kappa shape index (κ2) is 6.95. The predicted octanol–water partition coefficient (Wildman–Crippen LogP) is 1.74. The van der Waals surface area contributed by atoms with Crippen LogP contribution < -0.4 is 10.6 Å². The van der Waals surface area contributed by atoms with Crippen molar-refractivity contribution >= 4 is 6.03 Å². The van der Waals surface area contributed by atoms with Crippen LogP contribution in [0.3, 0.4) is 0 Å². The van der Waals surface area contributed by atoms with Crippen LogP contribution in [0.4, 0.5) is 4.79 Å². The molecule has 3 atom stereocenters. The average Bonchev–Trinajstić information content (AvgIpc) is 3.14. The molecule has 3 unspecified atom stereocenters. The standard InChI is InChI=1S/C15H24N2O4/c1-3-11(12-6-4-8-20-12)17-14(18)16-10-15(2,19)13-7-5-9-21-13/h5,7,9,11-12,19H,3-4,6,8,10H2,1-2H3,(H2,16,17,18). The van der Waals surface area contributed by atoms with Gasteiger partial charge in [-0.25, -0.2) is 4.79 Å². The van der Waals surface area contributed by atoms with E-state index >= 15 is 0 Å². The number of carbonyl (C=O) groups is 1. The maximum atomic E-state index is 12.0. The normalized spacial score (nSPS) is 22.5. The number of urea groups is 1. The maximum absolute atomic E-state index is 12.0. The number of hydrogen-bond donors (Lipinski definition) is 3. The minimum Gasteiger partial charge on any atom is -0.466 e. The lowest BCUT2D eigenvalue weighted by Gasteiger charge is -2.25. The lowest BCUT2D eigenvalue weighted by atomic mass is 10.0. The summed E-state index contributed by atoms with van der Waals surface area (Å²) in [6.45, 7) is 4.46. The topological polar surface area (TPSA) is 83.7 Å². The van der Waals surface area contributed by atoms with E-state index in [1.807, 2.05) is 6.92 Å². The molecule has 2 heterocycles. The summed E-state index contributed by atoms with van der Waals surface area (Å²) in [6, 6.07) is 3.08. The Bertz CT molecular complexity index is 439. The van der Waals surface area contributed by atoms with E-state index < -0.39 is 5.60 Å². The second-order valence-corrected chi connectivity index (χ2v) is 5.64. The molecule has 0 aromatic carbocycles. The van der Waals surface area contributed by atoms with Crippen molar-refractivity contribution in [2.45, 2.75) is 50.9 Å². The lowest BCUT2D eigenvalue weighted by Crippen LogP contribution is -2.50. The van der Waals surface area contributed by atoms with Crippen molar-refractivity contribution in [1.29, 1.82) is 0 Å². The van der Waals surface area contributed by atoms with Crippen LogP contribution in [0.5, 0.6) is 0 Å². The molecule has 1 aliphatic heterocycles. The number of amides is 2. The summed E-state index contributed by atoms with van der Waals surface area (Å²) in [7, 11) is 0. The van der Waals surface area contributed by atoms with Gasteiger partial charge in [-0.3, -0.25) is 0 Å². The highest BCUT2D eigenvalue weighted by atomic mass is 16.5. The fourth-order valence-corrected chi connectivity index (χ4v) is 2.52. The van der Waals surface area contributed by atoms with Gasteiger partial charge in [0, 0.05) is 6.61 Å². The first-order valence-corrected chi connectivity index (χ1v) is 7.45. The molecule has 2 amide bonds. The van der Waals surface area contributed by atoms with Gasteiger partial charge in [0.15, 0.2) is 0 Å². The first-order chi connectivity index (χ1) is 10.0. The third kappa shape index (κ3) is 4.22. The Kier molecular flexibility index (Phi) is 5.25. The summed E-state index contributed by atoms with van der Waals surface area (Å²) in [5.41, 5.74) is -1.23. The Morgan fingerprint density at radius 1 is 1.62 bits per heavy atom. The largest absolute Gasteiger partial charge is 0.466 e. The van der Waals surface area contributed by atoms with Crippen molar-refractivity contribution in [3.05, 3.63) is 24.2 Å². The molecule has 21 heavy (non-hydrogen) atoms. The number of carbonyl (C=O) groups excluding carboxylic acids is 1. The summed E-state index contributed by atoms with van der Waals surface area (Å²) in [6.07, 6.45) is 4.41. The fraction of sp³-hybridized carbons (Fsp3) is 0.667. The molecule has 6 heteroatoms. The molecule has 1 aromatic heterocycles. The van der Waals surface area contributed by atoms with Gasteiger partial charge in [0.05, 0.1) is 25.0 Å². The highest BCUT2D eigenvalue weighted by Crippen LogP contribution is 2.20. The van der Waals surface area contributed by atoms with Gasteiger partial charge < -0.3 is 24.9 Å². The van der Waals surface area contributed by atoms with Crippen LogP contribution in [-0.4, -0.2) is 36.4 Å². The van der Waals surface area contributed by atoms with Gasteiger partial charge in [-0.05, 0) is 38.3 Å². The van der Waals surface area contributed by atoms with E-state index in [2.05, 4.69) is 10.6 Å². The molecular weight excluding hydrogens is 272 g/mol. The zero-order valence-electron chi connectivity index (χ0n) is 12.6. The van der Waals surface area contributed by atoms with E-state index in [9.17, 15) is 9.90 Å². The molecule has 118 valence electrons. The van der Waals surface area contributed by atoms with Crippen molar-refractivity contribution in [2.24, 2.45) is 0 Å². The van der Waals surface area contributed by atoms with Crippen LogP contribution >= 0.6 is 0 Å². The van der Waals surface area contributed by atoms with Crippen molar-refractivity contribution in [2.75, 3.05) is 13.2 Å². The third-order valence-electron chi connectivity index (χ3n) is 3.82. The molecule has 0 saturated carbocycles. The Hall–Kier alpha value is -1.53. The minimum absolute atomic E-state index is 0.000983. The molecule has 1 fully saturated rings. The fourth-order valence-electron chi connectivity index (χ4n) is 2.52. The van der Waals surface area contributed by atoms with Crippen LogP contribution in [0.2, 0.25) is 0 Å². The molecule has 2 rings (SSSR count). The van der Waals surface area contributed by atoms with Crippen molar-refractivity contribution in [3.63, 3.8) is 0 Å². The number of hydrogen-bond acceptors (Lipinski definition) is 4. The molecule has 0 spiro atoms. The van der Waals surface area contributed by atoms with Gasteiger partial charge in [0.2, 0.25) is 0 Å². The Balaban J connectivity index is 1.81. The monoisotopic (exact) mass is 296 g/mol. The van der Waals surface area contributed by atoms with E-state index in [4.69, 9.17) is 9.15 Å². The van der Waals surface area contributed by atoms with Crippen molar-refractivity contribution < 1.29 is 19.1 Å². The summed E-state index contributed by atoms with van der Waals surface area (Å²) in [5, 5.41) is 15.9. The average molecular weight is 296 g/mol. The van der Waals surface area contributed by atoms with E-state index in [1.165, 1.54) is 6.26 Å². The molecule has 0 radical (unpaired) electrons. The minimum atomic E-state index is -1.23. The van der Waals surface area contributed by atoms with Gasteiger partial charge in [-0.2, -0.15) is 0 Å². The van der Waals surface area contributed by atoms with Crippen LogP contribution in [-0.2, 0) is 10.3 Å². The maximum Gasteiger partial charge on any atom is 0.315 e. The third-order valence-corrected chi connectivity index (χ3v) is 3.82. The first-order valence-electron chi connectivity index (χ1n) is 7.45. The number of rotatable bonds is 6. The zero-order valence-corrected chi connectivity index (χ0v) is 12.6. The van der Waals surface area contributed by atoms with Crippen LogP contribution in [0, 0.1) is 0 Å². The number of furan rings is 1. The van der Waals surface area contributed by atoms with E-state index in [0.29, 0.717) is 5.76 Å². The van der Waals surface area contributed by atoms with Crippen LogP contribution in [0.25, 0.3) is 0 Å². The summed E-state index contributed by atoms with van der Waals surface area (Å²) in [4.78, 5) is 12.0. The Morgan fingerprint density at radius 2 is 2.43 bits per heavy atom. The lowest BCUT2D eigenvalue weighted by molar-refractivity contribution is 0.0360. The highest BCUT2D eigenvalue weighted by Gasteiger charge is 2.29. The zero-order chi connectivity index (χ0) is 15.3. The second-order valence-electron chi connectivity index (χ2n) is 5.64. The van der Waals surface area contributed by atoms with Crippen molar-refractivity contribution in [3.8, 4) is 0 Å². The molecular formula is C15H24N2O4. The summed E-state index contributed by atoms with van der Waals surface area (Å²) >= 11 is 0. The highest BCUT2D eigenvalue weighted by molar-refractivity contribution is 5.74. The Morgan fingerprint density at radius 3 is 3.00 bits per heavy atom. The molecule has 1 saturated heterocycles. The van der Waals surface area contributed by atoms with Gasteiger partial charge in [-0.1, -0.05) is 6.92 Å². The van der Waals surface area contributed by atoms with Crippen molar-refractivity contribution in [1.82, 2.24) is 10.6 Å². The number of ether oxygens (including phenoxy) is 1. The molecule has 0 aliphatic carbocycles. The van der Waals surface area contributed by atoms with E-state index in [-0.39, 0.29) is 24.7 Å². The summed E-state index contributed by atoms with van der Waals surface area (Å²) in [5.74, 6) is 0.425. The first kappa shape index (κ1) is 15.9. The quantitative estimate of drug-likeness (QED) is 0.746. The Labute approximate surface area is 124 Å². The van der Waals surface area contributed by atoms with Crippen LogP contribution in [0.1, 0.15) is 38.9 Å². The van der Waals surface area contributed by atoms with Gasteiger partial charge in [-0.15, -0.1) is 0 Å².